The summed E-state index contributed by atoms with van der Waals surface area (Å²) in [6.07, 6.45) is 1.14. The molecule has 2 heterocycles. The summed E-state index contributed by atoms with van der Waals surface area (Å²) in [5, 5.41) is 22.1. The number of nitrogens with zero attached hydrogens (tertiary/aromatic N) is 3. The molecule has 4 aromatic rings. The molecule has 11 nitrogen and oxygen atoms in total. The van der Waals surface area contributed by atoms with Crippen molar-refractivity contribution in [2.75, 3.05) is 50.1 Å². The number of aromatic carboxylic acids is 1. The molecule has 5 rings (SSSR count). The van der Waals surface area contributed by atoms with E-state index in [0.717, 1.165) is 12.3 Å². The molecule has 0 bridgehead atoms. The minimum absolute atomic E-state index is 0.0234. The van der Waals surface area contributed by atoms with Crippen LogP contribution in [0, 0.1) is 11.6 Å². The number of phenols is 1. The maximum Gasteiger partial charge on any atom is 0.341 e. The zero-order valence-electron chi connectivity index (χ0n) is 22.8. The number of carbonyl (C=O) groups excluding carboxylic acids is 2. The Morgan fingerprint density at radius 3 is 2.28 bits per heavy atom. The van der Waals surface area contributed by atoms with Gasteiger partial charge in [-0.3, -0.25) is 14.5 Å². The van der Waals surface area contributed by atoms with E-state index < -0.39 is 34.6 Å². The summed E-state index contributed by atoms with van der Waals surface area (Å²) in [5.41, 5.74) is -0.298. The average molecular weight is 593 g/mol. The van der Waals surface area contributed by atoms with Gasteiger partial charge in [0.1, 0.15) is 28.5 Å². The molecule has 1 aromatic heterocycles. The van der Waals surface area contributed by atoms with E-state index >= 15 is 4.39 Å². The van der Waals surface area contributed by atoms with Gasteiger partial charge in [0.2, 0.25) is 11.3 Å². The molecule has 13 heteroatoms. The van der Waals surface area contributed by atoms with Crippen LogP contribution >= 0.6 is 0 Å². The summed E-state index contributed by atoms with van der Waals surface area (Å²) in [4.78, 5) is 52.5. The Kier molecular flexibility index (Phi) is 8.08. The fourth-order valence-corrected chi connectivity index (χ4v) is 4.99. The smallest absolute Gasteiger partial charge is 0.341 e. The van der Waals surface area contributed by atoms with Gasteiger partial charge >= 0.3 is 11.9 Å². The monoisotopic (exact) mass is 592 g/mol. The van der Waals surface area contributed by atoms with E-state index in [-0.39, 0.29) is 40.4 Å². The SMILES string of the molecule is COC(=O)c1ccc(NC(=O)CN2CCN(c3cc4c(cc3F)c(=O)c(C(=O)O)cn4-c3ccc(F)cc3)CC2)cc1O. The number of esters is 1. The zero-order valence-corrected chi connectivity index (χ0v) is 22.8. The van der Waals surface area contributed by atoms with Gasteiger partial charge in [0.05, 0.1) is 24.9 Å². The molecule has 1 aliphatic heterocycles. The molecule has 0 radical (unpaired) electrons. The number of rotatable bonds is 7. The van der Waals surface area contributed by atoms with Crippen molar-refractivity contribution in [1.82, 2.24) is 9.47 Å². The van der Waals surface area contributed by atoms with Crippen LogP contribution < -0.4 is 15.6 Å². The van der Waals surface area contributed by atoms with Crippen molar-refractivity contribution >= 4 is 40.1 Å². The van der Waals surface area contributed by atoms with Gasteiger partial charge in [-0.2, -0.15) is 0 Å². The third-order valence-electron chi connectivity index (χ3n) is 7.17. The van der Waals surface area contributed by atoms with Crippen LogP contribution in [0.2, 0.25) is 0 Å². The number of halogens is 2. The predicted molar refractivity (Wildman–Crippen MR) is 153 cm³/mol. The van der Waals surface area contributed by atoms with Crippen molar-refractivity contribution in [3.05, 3.63) is 93.8 Å². The number of carbonyl (C=O) groups is 3. The third-order valence-corrected chi connectivity index (χ3v) is 7.17. The first kappa shape index (κ1) is 29.2. The van der Waals surface area contributed by atoms with Gasteiger partial charge in [0, 0.05) is 55.2 Å². The van der Waals surface area contributed by atoms with Gasteiger partial charge in [-0.15, -0.1) is 0 Å². The van der Waals surface area contributed by atoms with Crippen LogP contribution in [0.5, 0.6) is 5.75 Å². The lowest BCUT2D eigenvalue weighted by molar-refractivity contribution is -0.117. The molecule has 3 N–H and O–H groups in total. The number of ether oxygens (including phenoxy) is 1. The number of pyridine rings is 1. The topological polar surface area (TPSA) is 141 Å². The first-order valence-corrected chi connectivity index (χ1v) is 13.1. The van der Waals surface area contributed by atoms with Crippen LogP contribution in [0.3, 0.4) is 0 Å². The first-order valence-electron chi connectivity index (χ1n) is 13.1. The molecule has 1 aliphatic rings. The van der Waals surface area contributed by atoms with E-state index in [9.17, 15) is 33.8 Å². The van der Waals surface area contributed by atoms with Crippen LogP contribution in [-0.4, -0.2) is 77.4 Å². The molecular weight excluding hydrogens is 566 g/mol. The van der Waals surface area contributed by atoms with Crippen molar-refractivity contribution in [3.8, 4) is 11.4 Å². The minimum atomic E-state index is -1.47. The maximum atomic E-state index is 15.4. The molecule has 0 saturated carbocycles. The molecule has 0 atom stereocenters. The lowest BCUT2D eigenvalue weighted by atomic mass is 10.1. The number of phenolic OH excluding ortho intramolecular Hbond substituents is 1. The summed E-state index contributed by atoms with van der Waals surface area (Å²) in [6, 6.07) is 11.8. The highest BCUT2D eigenvalue weighted by molar-refractivity contribution is 5.96. The van der Waals surface area contributed by atoms with E-state index in [1.165, 1.54) is 60.2 Å². The maximum absolute atomic E-state index is 15.4. The molecular formula is C30H26F2N4O7. The van der Waals surface area contributed by atoms with Crippen LogP contribution in [0.4, 0.5) is 20.2 Å². The summed E-state index contributed by atoms with van der Waals surface area (Å²) < 4.78 is 34.9. The van der Waals surface area contributed by atoms with Crippen molar-refractivity contribution in [3.63, 3.8) is 0 Å². The number of piperazine rings is 1. The number of carboxylic acids is 1. The van der Waals surface area contributed by atoms with Crippen LogP contribution in [0.15, 0.2) is 65.6 Å². The molecule has 0 spiro atoms. The zero-order chi connectivity index (χ0) is 30.8. The largest absolute Gasteiger partial charge is 0.507 e. The first-order chi connectivity index (χ1) is 20.5. The lowest BCUT2D eigenvalue weighted by Gasteiger charge is -2.36. The Labute approximate surface area is 243 Å². The van der Waals surface area contributed by atoms with Gasteiger partial charge < -0.3 is 29.7 Å². The van der Waals surface area contributed by atoms with Crippen molar-refractivity contribution < 1.29 is 38.1 Å². The summed E-state index contributed by atoms with van der Waals surface area (Å²) in [6.45, 7) is 1.52. The lowest BCUT2D eigenvalue weighted by Crippen LogP contribution is -2.49. The number of benzene rings is 3. The number of methoxy groups -OCH3 is 1. The van der Waals surface area contributed by atoms with Crippen LogP contribution in [0.25, 0.3) is 16.6 Å². The number of anilines is 2. The van der Waals surface area contributed by atoms with Crippen molar-refractivity contribution in [2.24, 2.45) is 0 Å². The summed E-state index contributed by atoms with van der Waals surface area (Å²) in [7, 11) is 1.19. The van der Waals surface area contributed by atoms with Gasteiger partial charge in [-0.1, -0.05) is 0 Å². The number of fused-ring (bicyclic) bond motifs is 1. The van der Waals surface area contributed by atoms with Crippen LogP contribution in [0.1, 0.15) is 20.7 Å². The Morgan fingerprint density at radius 1 is 0.953 bits per heavy atom. The highest BCUT2D eigenvalue weighted by Gasteiger charge is 2.24. The second-order valence-corrected chi connectivity index (χ2v) is 9.88. The van der Waals surface area contributed by atoms with Gasteiger partial charge in [0.25, 0.3) is 0 Å². The molecule has 1 saturated heterocycles. The Balaban J connectivity index is 1.33. The average Bonchev–Trinajstić information content (AvgIpc) is 2.98. The van der Waals surface area contributed by atoms with Gasteiger partial charge in [-0.25, -0.2) is 18.4 Å². The number of carboxylic acid groups (broad SMARTS) is 1. The number of amides is 1. The third kappa shape index (κ3) is 6.02. The van der Waals surface area contributed by atoms with E-state index in [1.807, 2.05) is 4.90 Å². The fraction of sp³-hybridized carbons (Fsp3) is 0.200. The summed E-state index contributed by atoms with van der Waals surface area (Å²) in [5.74, 6) is -4.07. The minimum Gasteiger partial charge on any atom is -0.507 e. The highest BCUT2D eigenvalue weighted by atomic mass is 19.1. The second-order valence-electron chi connectivity index (χ2n) is 9.88. The second kappa shape index (κ2) is 11.9. The Morgan fingerprint density at radius 2 is 1.65 bits per heavy atom. The molecule has 3 aromatic carbocycles. The normalized spacial score (nSPS) is 13.6. The number of nitrogens with one attached hydrogen (secondary N) is 1. The van der Waals surface area contributed by atoms with E-state index in [4.69, 9.17) is 0 Å². The standard InChI is InChI=1S/C30H26F2N4O7/c1-43-30(42)20-7-4-18(12-26(20)37)33-27(38)16-34-8-10-35(11-9-34)25-14-24-21(13-23(25)32)28(39)22(29(40)41)15-36(24)19-5-2-17(31)3-6-19/h2-7,12-15,37H,8-11,16H2,1H3,(H,33,38)(H,40,41). The van der Waals surface area contributed by atoms with E-state index in [0.29, 0.717) is 37.6 Å². The molecule has 0 unspecified atom stereocenters. The number of hydrogen-bond acceptors (Lipinski definition) is 8. The quantitative estimate of drug-likeness (QED) is 0.276. The number of aromatic hydroxyl groups is 1. The molecule has 1 amide bonds. The number of hydrogen-bond donors (Lipinski definition) is 3. The molecule has 43 heavy (non-hydrogen) atoms. The Hall–Kier alpha value is -5.30. The van der Waals surface area contributed by atoms with Crippen molar-refractivity contribution in [2.45, 2.75) is 0 Å². The molecule has 1 fully saturated rings. The van der Waals surface area contributed by atoms with E-state index in [1.54, 1.807) is 4.90 Å². The van der Waals surface area contributed by atoms with E-state index in [2.05, 4.69) is 10.1 Å². The number of aromatic nitrogens is 1. The predicted octanol–water partition coefficient (Wildman–Crippen LogP) is 3.22. The van der Waals surface area contributed by atoms with Crippen molar-refractivity contribution in [1.29, 1.82) is 0 Å². The fourth-order valence-electron chi connectivity index (χ4n) is 4.99. The van der Waals surface area contributed by atoms with Gasteiger partial charge in [-0.05, 0) is 48.5 Å². The molecule has 0 aliphatic carbocycles. The van der Waals surface area contributed by atoms with Gasteiger partial charge in [0.15, 0.2) is 0 Å². The summed E-state index contributed by atoms with van der Waals surface area (Å²) >= 11 is 0. The Bertz CT molecular complexity index is 1800. The highest BCUT2D eigenvalue weighted by Crippen LogP contribution is 2.28. The van der Waals surface area contributed by atoms with Crippen LogP contribution in [-0.2, 0) is 9.53 Å². The molecule has 222 valence electrons.